The van der Waals surface area contributed by atoms with Crippen molar-refractivity contribution in [2.75, 3.05) is 13.2 Å². The van der Waals surface area contributed by atoms with E-state index in [9.17, 15) is 9.50 Å². The second kappa shape index (κ2) is 5.13. The minimum absolute atomic E-state index is 0.0307. The molecule has 2 nitrogen and oxygen atoms in total. The molecule has 1 aromatic carbocycles. The van der Waals surface area contributed by atoms with Gasteiger partial charge in [-0.3, -0.25) is 0 Å². The molecule has 1 aliphatic rings. The quantitative estimate of drug-likeness (QED) is 0.867. The van der Waals surface area contributed by atoms with E-state index in [2.05, 4.69) is 0 Å². The van der Waals surface area contributed by atoms with Crippen LogP contribution in [0, 0.1) is 11.7 Å². The molecule has 1 atom stereocenters. The predicted molar refractivity (Wildman–Crippen MR) is 59.9 cm³/mol. The fourth-order valence-corrected chi connectivity index (χ4v) is 2.34. The number of halogens is 2. The molecular weight excluding hydrogens is 231 g/mol. The van der Waals surface area contributed by atoms with Gasteiger partial charge in [0, 0.05) is 23.8 Å². The lowest BCUT2D eigenvalue weighted by Crippen LogP contribution is -2.22. The molecule has 88 valence electrons. The molecule has 0 radical (unpaired) electrons. The molecule has 1 heterocycles. The second-order valence-corrected chi connectivity index (χ2v) is 4.44. The van der Waals surface area contributed by atoms with Crippen LogP contribution in [0.3, 0.4) is 0 Å². The number of aliphatic hydroxyl groups is 1. The first-order chi connectivity index (χ1) is 7.70. The van der Waals surface area contributed by atoms with Gasteiger partial charge in [-0.1, -0.05) is 17.7 Å². The Bertz CT molecular complexity index is 344. The van der Waals surface area contributed by atoms with Crippen LogP contribution in [0.4, 0.5) is 4.39 Å². The fraction of sp³-hybridized carbons (Fsp3) is 0.500. The first-order valence-electron chi connectivity index (χ1n) is 5.40. The zero-order valence-electron chi connectivity index (χ0n) is 8.83. The largest absolute Gasteiger partial charge is 0.388 e. The van der Waals surface area contributed by atoms with E-state index >= 15 is 0 Å². The summed E-state index contributed by atoms with van der Waals surface area (Å²) in [6.45, 7) is 1.24. The van der Waals surface area contributed by atoms with Gasteiger partial charge in [0.1, 0.15) is 5.82 Å². The summed E-state index contributed by atoms with van der Waals surface area (Å²) in [4.78, 5) is 0. The van der Waals surface area contributed by atoms with E-state index < -0.39 is 11.9 Å². The molecule has 0 aromatic heterocycles. The van der Waals surface area contributed by atoms with Crippen molar-refractivity contribution in [2.24, 2.45) is 5.92 Å². The van der Waals surface area contributed by atoms with Crippen molar-refractivity contribution in [1.82, 2.24) is 0 Å². The Morgan fingerprint density at radius 2 is 2.06 bits per heavy atom. The van der Waals surface area contributed by atoms with Crippen LogP contribution >= 0.6 is 11.6 Å². The third-order valence-electron chi connectivity index (χ3n) is 3.01. The lowest BCUT2D eigenvalue weighted by atomic mass is 9.89. The topological polar surface area (TPSA) is 29.5 Å². The third kappa shape index (κ3) is 2.37. The molecule has 0 saturated carbocycles. The van der Waals surface area contributed by atoms with Crippen LogP contribution in [0.5, 0.6) is 0 Å². The van der Waals surface area contributed by atoms with Crippen LogP contribution in [-0.4, -0.2) is 18.3 Å². The highest BCUT2D eigenvalue weighted by Gasteiger charge is 2.27. The molecule has 0 aliphatic carbocycles. The van der Waals surface area contributed by atoms with Crippen molar-refractivity contribution < 1.29 is 14.2 Å². The maximum Gasteiger partial charge on any atom is 0.130 e. The number of ether oxygens (including phenoxy) is 1. The van der Waals surface area contributed by atoms with Gasteiger partial charge in [-0.2, -0.15) is 0 Å². The normalized spacial score (nSPS) is 19.7. The van der Waals surface area contributed by atoms with Crippen LogP contribution < -0.4 is 0 Å². The summed E-state index contributed by atoms with van der Waals surface area (Å²) < 4.78 is 18.8. The standard InChI is InChI=1S/C12H14ClFO2/c13-9-2-1-3-10(14)11(9)12(15)8-4-6-16-7-5-8/h1-3,8,12,15H,4-7H2. The summed E-state index contributed by atoms with van der Waals surface area (Å²) in [5.41, 5.74) is 0.219. The summed E-state index contributed by atoms with van der Waals surface area (Å²) >= 11 is 5.91. The molecule has 1 N–H and O–H groups in total. The minimum Gasteiger partial charge on any atom is -0.388 e. The van der Waals surface area contributed by atoms with Gasteiger partial charge in [0.2, 0.25) is 0 Å². The first-order valence-corrected chi connectivity index (χ1v) is 5.77. The summed E-state index contributed by atoms with van der Waals surface area (Å²) in [7, 11) is 0. The average molecular weight is 245 g/mol. The van der Waals surface area contributed by atoms with E-state index in [0.29, 0.717) is 18.2 Å². The number of aliphatic hydroxyl groups excluding tert-OH is 1. The Morgan fingerprint density at radius 1 is 1.38 bits per heavy atom. The fourth-order valence-electron chi connectivity index (χ4n) is 2.06. The van der Waals surface area contributed by atoms with Crippen molar-refractivity contribution in [3.05, 3.63) is 34.6 Å². The Morgan fingerprint density at radius 3 is 2.69 bits per heavy atom. The Labute approximate surface area is 99.0 Å². The molecule has 1 unspecified atom stereocenters. The molecule has 1 saturated heterocycles. The number of hydrogen-bond donors (Lipinski definition) is 1. The summed E-state index contributed by atoms with van der Waals surface area (Å²) in [5, 5.41) is 10.4. The molecule has 1 aromatic rings. The van der Waals surface area contributed by atoms with Crippen LogP contribution in [0.25, 0.3) is 0 Å². The van der Waals surface area contributed by atoms with E-state index in [0.717, 1.165) is 12.8 Å². The van der Waals surface area contributed by atoms with Crippen LogP contribution in [-0.2, 0) is 4.74 Å². The maximum absolute atomic E-state index is 13.6. The first kappa shape index (κ1) is 11.8. The number of rotatable bonds is 2. The summed E-state index contributed by atoms with van der Waals surface area (Å²) in [6.07, 6.45) is 0.648. The SMILES string of the molecule is OC(c1c(F)cccc1Cl)C1CCOCC1. The van der Waals surface area contributed by atoms with Gasteiger partial charge < -0.3 is 9.84 Å². The monoisotopic (exact) mass is 244 g/mol. The van der Waals surface area contributed by atoms with Gasteiger partial charge in [-0.15, -0.1) is 0 Å². The highest BCUT2D eigenvalue weighted by molar-refractivity contribution is 6.31. The molecule has 0 spiro atoms. The van der Waals surface area contributed by atoms with Crippen molar-refractivity contribution >= 4 is 11.6 Å². The second-order valence-electron chi connectivity index (χ2n) is 4.03. The molecule has 2 rings (SSSR count). The van der Waals surface area contributed by atoms with Crippen LogP contribution in [0.2, 0.25) is 5.02 Å². The van der Waals surface area contributed by atoms with Crippen molar-refractivity contribution in [2.45, 2.75) is 18.9 Å². The van der Waals surface area contributed by atoms with E-state index in [1.807, 2.05) is 0 Å². The van der Waals surface area contributed by atoms with Crippen molar-refractivity contribution in [1.29, 1.82) is 0 Å². The van der Waals surface area contributed by atoms with E-state index in [1.54, 1.807) is 6.07 Å². The molecule has 1 fully saturated rings. The average Bonchev–Trinajstić information content (AvgIpc) is 2.30. The predicted octanol–water partition coefficient (Wildman–Crippen LogP) is 2.94. The van der Waals surface area contributed by atoms with E-state index in [1.165, 1.54) is 12.1 Å². The molecule has 0 amide bonds. The van der Waals surface area contributed by atoms with E-state index in [4.69, 9.17) is 16.3 Å². The third-order valence-corrected chi connectivity index (χ3v) is 3.34. The zero-order valence-corrected chi connectivity index (χ0v) is 9.58. The summed E-state index contributed by atoms with van der Waals surface area (Å²) in [6, 6.07) is 4.46. The lowest BCUT2D eigenvalue weighted by molar-refractivity contribution is 0.00594. The van der Waals surface area contributed by atoms with Gasteiger partial charge >= 0.3 is 0 Å². The molecule has 1 aliphatic heterocycles. The van der Waals surface area contributed by atoms with Gasteiger partial charge in [0.25, 0.3) is 0 Å². The van der Waals surface area contributed by atoms with Crippen molar-refractivity contribution in [3.8, 4) is 0 Å². The number of benzene rings is 1. The van der Waals surface area contributed by atoms with Crippen LogP contribution in [0.15, 0.2) is 18.2 Å². The Balaban J connectivity index is 2.22. The van der Waals surface area contributed by atoms with Crippen molar-refractivity contribution in [3.63, 3.8) is 0 Å². The summed E-state index contributed by atoms with van der Waals surface area (Å²) in [5.74, 6) is -0.408. The molecule has 4 heteroatoms. The van der Waals surface area contributed by atoms with Crippen LogP contribution in [0.1, 0.15) is 24.5 Å². The minimum atomic E-state index is -0.836. The van der Waals surface area contributed by atoms with Gasteiger partial charge in [-0.25, -0.2) is 4.39 Å². The highest BCUT2D eigenvalue weighted by Crippen LogP contribution is 2.35. The Kier molecular flexibility index (Phi) is 3.79. The number of hydrogen-bond acceptors (Lipinski definition) is 2. The van der Waals surface area contributed by atoms with E-state index in [-0.39, 0.29) is 11.5 Å². The smallest absolute Gasteiger partial charge is 0.130 e. The Hall–Kier alpha value is -0.640. The van der Waals surface area contributed by atoms with Gasteiger partial charge in [0.05, 0.1) is 6.10 Å². The van der Waals surface area contributed by atoms with Gasteiger partial charge in [0.15, 0.2) is 0 Å². The molecule has 16 heavy (non-hydrogen) atoms. The van der Waals surface area contributed by atoms with Gasteiger partial charge in [-0.05, 0) is 30.9 Å². The maximum atomic E-state index is 13.6. The zero-order chi connectivity index (χ0) is 11.5. The molecule has 0 bridgehead atoms. The molecular formula is C12H14ClFO2. The highest BCUT2D eigenvalue weighted by atomic mass is 35.5. The lowest BCUT2D eigenvalue weighted by Gasteiger charge is -2.27.